The van der Waals surface area contributed by atoms with E-state index in [9.17, 15) is 18.0 Å². The topological polar surface area (TPSA) is 20.3 Å². The molecule has 2 aromatic heterocycles. The van der Waals surface area contributed by atoms with Crippen LogP contribution < -0.4 is 0 Å². The van der Waals surface area contributed by atoms with Crippen molar-refractivity contribution < 1.29 is 18.0 Å². The van der Waals surface area contributed by atoms with Gasteiger partial charge in [0.25, 0.3) is 5.91 Å². The summed E-state index contributed by atoms with van der Waals surface area (Å²) >= 11 is 3.28. The van der Waals surface area contributed by atoms with Crippen molar-refractivity contribution in [3.63, 3.8) is 0 Å². The number of hydrogen-bond donors (Lipinski definition) is 0. The number of alkyl halides is 3. The molecule has 1 aliphatic rings. The Kier molecular flexibility index (Phi) is 4.82. The van der Waals surface area contributed by atoms with Crippen LogP contribution >= 0.6 is 22.7 Å². The Morgan fingerprint density at radius 1 is 1.07 bits per heavy atom. The van der Waals surface area contributed by atoms with E-state index in [1.54, 1.807) is 27.6 Å². The molecule has 140 valence electrons. The van der Waals surface area contributed by atoms with E-state index in [1.807, 2.05) is 29.6 Å². The zero-order valence-corrected chi connectivity index (χ0v) is 15.8. The lowest BCUT2D eigenvalue weighted by Crippen LogP contribution is -2.32. The van der Waals surface area contributed by atoms with Gasteiger partial charge in [0, 0.05) is 26.2 Å². The van der Waals surface area contributed by atoms with Gasteiger partial charge in [0.15, 0.2) is 0 Å². The van der Waals surface area contributed by atoms with Crippen LogP contribution in [0.3, 0.4) is 0 Å². The first-order chi connectivity index (χ1) is 12.9. The Labute approximate surface area is 162 Å². The van der Waals surface area contributed by atoms with Gasteiger partial charge in [0.2, 0.25) is 0 Å². The van der Waals surface area contributed by atoms with Crippen LogP contribution in [0.5, 0.6) is 0 Å². The minimum Gasteiger partial charge on any atom is -0.331 e. The summed E-state index contributed by atoms with van der Waals surface area (Å²) in [6.45, 7) is 0.426. The second-order valence-corrected chi connectivity index (χ2v) is 8.60. The average molecular weight is 407 g/mol. The molecule has 1 amide bonds. The number of thiophene rings is 2. The average Bonchev–Trinajstić information content (AvgIpc) is 3.14. The largest absolute Gasteiger partial charge is 0.416 e. The highest BCUT2D eigenvalue weighted by Gasteiger charge is 2.35. The van der Waals surface area contributed by atoms with Crippen molar-refractivity contribution in [3.8, 4) is 9.75 Å². The minimum absolute atomic E-state index is 0.0896. The maximum atomic E-state index is 13.0. The van der Waals surface area contributed by atoms with Crippen molar-refractivity contribution in [1.82, 2.24) is 4.90 Å². The van der Waals surface area contributed by atoms with Gasteiger partial charge in [0.05, 0.1) is 12.1 Å². The van der Waals surface area contributed by atoms with Crippen LogP contribution in [-0.2, 0) is 12.7 Å². The number of amides is 1. The summed E-state index contributed by atoms with van der Waals surface area (Å²) in [5.41, 5.74) is -0.702. The molecule has 2 heterocycles. The van der Waals surface area contributed by atoms with Gasteiger partial charge in [-0.05, 0) is 54.6 Å². The zero-order chi connectivity index (χ0) is 19.0. The van der Waals surface area contributed by atoms with Crippen LogP contribution in [0.15, 0.2) is 53.9 Å². The van der Waals surface area contributed by atoms with E-state index in [0.717, 1.165) is 34.7 Å². The Morgan fingerprint density at radius 3 is 2.56 bits per heavy atom. The van der Waals surface area contributed by atoms with Crippen molar-refractivity contribution in [3.05, 3.63) is 69.9 Å². The van der Waals surface area contributed by atoms with E-state index in [-0.39, 0.29) is 17.5 Å². The maximum absolute atomic E-state index is 13.0. The van der Waals surface area contributed by atoms with Crippen molar-refractivity contribution in [2.45, 2.75) is 31.6 Å². The zero-order valence-electron chi connectivity index (χ0n) is 14.2. The first-order valence-electron chi connectivity index (χ1n) is 8.52. The Balaban J connectivity index is 1.56. The van der Waals surface area contributed by atoms with E-state index in [1.165, 1.54) is 17.0 Å². The second-order valence-electron chi connectivity index (χ2n) is 6.49. The van der Waals surface area contributed by atoms with Crippen molar-refractivity contribution >= 4 is 28.6 Å². The van der Waals surface area contributed by atoms with Crippen molar-refractivity contribution in [1.29, 1.82) is 0 Å². The Morgan fingerprint density at radius 2 is 1.89 bits per heavy atom. The molecule has 0 N–H and O–H groups in total. The number of rotatable bonds is 5. The lowest BCUT2D eigenvalue weighted by molar-refractivity contribution is -0.137. The number of halogens is 3. The van der Waals surface area contributed by atoms with Crippen molar-refractivity contribution in [2.75, 3.05) is 0 Å². The van der Waals surface area contributed by atoms with E-state index in [0.29, 0.717) is 6.54 Å². The summed E-state index contributed by atoms with van der Waals surface area (Å²) in [6.07, 6.45) is -2.66. The van der Waals surface area contributed by atoms with Gasteiger partial charge in [-0.1, -0.05) is 12.1 Å². The van der Waals surface area contributed by atoms with Crippen LogP contribution in [0.25, 0.3) is 9.75 Å². The molecular weight excluding hydrogens is 391 g/mol. The van der Waals surface area contributed by atoms with Crippen LogP contribution in [0.4, 0.5) is 13.2 Å². The van der Waals surface area contributed by atoms with E-state index in [4.69, 9.17) is 0 Å². The van der Waals surface area contributed by atoms with Gasteiger partial charge < -0.3 is 4.90 Å². The number of hydrogen-bond acceptors (Lipinski definition) is 3. The number of carbonyl (C=O) groups is 1. The molecular formula is C20H16F3NOS2. The summed E-state index contributed by atoms with van der Waals surface area (Å²) in [7, 11) is 0. The molecule has 0 saturated heterocycles. The highest BCUT2D eigenvalue weighted by atomic mass is 32.1. The molecule has 4 rings (SSSR count). The highest BCUT2D eigenvalue weighted by molar-refractivity contribution is 7.21. The molecule has 7 heteroatoms. The number of carbonyl (C=O) groups excluding carboxylic acids is 1. The quantitative estimate of drug-likeness (QED) is 0.486. The molecule has 1 aromatic carbocycles. The lowest BCUT2D eigenvalue weighted by atomic mass is 10.1. The molecule has 1 saturated carbocycles. The third kappa shape index (κ3) is 4.09. The SMILES string of the molecule is O=C(c1cccc(C(F)(F)F)c1)N(Cc1ccc(-c2cccs2)s1)C1CC1. The fourth-order valence-electron chi connectivity index (χ4n) is 2.93. The fourth-order valence-corrected chi connectivity index (χ4v) is 4.77. The maximum Gasteiger partial charge on any atom is 0.416 e. The molecule has 0 bridgehead atoms. The predicted molar refractivity (Wildman–Crippen MR) is 102 cm³/mol. The van der Waals surface area contributed by atoms with Crippen molar-refractivity contribution in [2.24, 2.45) is 0 Å². The standard InChI is InChI=1S/C20H16F3NOS2/c21-20(22,23)14-4-1-3-13(11-14)19(25)24(15-6-7-15)12-16-8-9-18(27-16)17-5-2-10-26-17/h1-5,8-11,15H,6-7,12H2. The molecule has 0 unspecified atom stereocenters. The van der Waals surface area contributed by atoms with Crippen LogP contribution in [0.1, 0.15) is 33.6 Å². The van der Waals surface area contributed by atoms with Gasteiger partial charge in [-0.3, -0.25) is 4.79 Å². The highest BCUT2D eigenvalue weighted by Crippen LogP contribution is 2.36. The molecule has 0 radical (unpaired) electrons. The third-order valence-corrected chi connectivity index (χ3v) is 6.57. The normalized spacial score (nSPS) is 14.3. The summed E-state index contributed by atoms with van der Waals surface area (Å²) in [6, 6.07) is 12.9. The molecule has 0 atom stereocenters. The third-order valence-electron chi connectivity index (χ3n) is 4.44. The lowest BCUT2D eigenvalue weighted by Gasteiger charge is -2.22. The Hall–Kier alpha value is -2.12. The van der Waals surface area contributed by atoms with Crippen LogP contribution in [0.2, 0.25) is 0 Å². The van der Waals surface area contributed by atoms with Gasteiger partial charge >= 0.3 is 6.18 Å². The fraction of sp³-hybridized carbons (Fsp3) is 0.250. The van der Waals surface area contributed by atoms with Gasteiger partial charge in [-0.15, -0.1) is 22.7 Å². The molecule has 27 heavy (non-hydrogen) atoms. The first kappa shape index (κ1) is 18.3. The molecule has 1 aliphatic carbocycles. The summed E-state index contributed by atoms with van der Waals surface area (Å²) in [5.74, 6) is -0.338. The smallest absolute Gasteiger partial charge is 0.331 e. The summed E-state index contributed by atoms with van der Waals surface area (Å²) < 4.78 is 38.9. The summed E-state index contributed by atoms with van der Waals surface area (Å²) in [5, 5.41) is 2.02. The second kappa shape index (κ2) is 7.13. The minimum atomic E-state index is -4.45. The number of benzene rings is 1. The van der Waals surface area contributed by atoms with Gasteiger partial charge in [-0.2, -0.15) is 13.2 Å². The summed E-state index contributed by atoms with van der Waals surface area (Å²) in [4.78, 5) is 18.0. The van der Waals surface area contributed by atoms with Crippen LogP contribution in [0, 0.1) is 0 Å². The van der Waals surface area contributed by atoms with Crippen LogP contribution in [-0.4, -0.2) is 16.8 Å². The van der Waals surface area contributed by atoms with E-state index < -0.39 is 11.7 Å². The van der Waals surface area contributed by atoms with Gasteiger partial charge in [-0.25, -0.2) is 0 Å². The van der Waals surface area contributed by atoms with Gasteiger partial charge in [0.1, 0.15) is 0 Å². The predicted octanol–water partition coefficient (Wildman–Crippen LogP) is 6.30. The Bertz CT molecular complexity index is 942. The molecule has 0 spiro atoms. The number of nitrogens with zero attached hydrogens (tertiary/aromatic N) is 1. The monoisotopic (exact) mass is 407 g/mol. The van der Waals surface area contributed by atoms with E-state index in [2.05, 4.69) is 0 Å². The molecule has 2 nitrogen and oxygen atoms in total. The van der Waals surface area contributed by atoms with E-state index >= 15 is 0 Å². The molecule has 3 aromatic rings. The molecule has 0 aliphatic heterocycles. The molecule has 1 fully saturated rings. The first-order valence-corrected chi connectivity index (χ1v) is 10.2.